The summed E-state index contributed by atoms with van der Waals surface area (Å²) in [5.41, 5.74) is 5.66. The molecular formula is C22H29F3N4O6. The second-order valence-electron chi connectivity index (χ2n) is 8.56. The number of likely N-dealkylation sites (tertiary alicyclic amines) is 1. The van der Waals surface area contributed by atoms with Crippen molar-refractivity contribution in [2.75, 3.05) is 6.54 Å². The molecule has 2 amide bonds. The Morgan fingerprint density at radius 3 is 2.34 bits per heavy atom. The first kappa shape index (κ1) is 28.1. The number of aliphatic carboxylic acids is 2. The number of benzene rings is 1. The van der Waals surface area contributed by atoms with Gasteiger partial charge in [0.15, 0.2) is 11.6 Å². The van der Waals surface area contributed by atoms with Gasteiger partial charge in [-0.25, -0.2) is 18.0 Å². The predicted molar refractivity (Wildman–Crippen MR) is 117 cm³/mol. The lowest BCUT2D eigenvalue weighted by Crippen LogP contribution is -2.53. The minimum absolute atomic E-state index is 0.0806. The van der Waals surface area contributed by atoms with Crippen LogP contribution < -0.4 is 16.4 Å². The summed E-state index contributed by atoms with van der Waals surface area (Å²) in [6.07, 6.45) is -0.421. The van der Waals surface area contributed by atoms with Crippen LogP contribution in [-0.2, 0) is 25.6 Å². The average molecular weight is 502 g/mol. The van der Waals surface area contributed by atoms with Crippen LogP contribution in [0.5, 0.6) is 0 Å². The van der Waals surface area contributed by atoms with Crippen LogP contribution in [0.4, 0.5) is 13.2 Å². The lowest BCUT2D eigenvalue weighted by atomic mass is 10.0. The van der Waals surface area contributed by atoms with Gasteiger partial charge in [-0.05, 0) is 31.4 Å². The fraction of sp³-hybridized carbons (Fsp3) is 0.545. The number of carbonyl (C=O) groups excluding carboxylic acids is 2. The molecule has 1 saturated heterocycles. The number of halogens is 3. The summed E-state index contributed by atoms with van der Waals surface area (Å²) >= 11 is 0. The maximum absolute atomic E-state index is 13.8. The lowest BCUT2D eigenvalue weighted by molar-refractivity contribution is -0.149. The van der Waals surface area contributed by atoms with E-state index in [0.29, 0.717) is 12.1 Å². The lowest BCUT2D eigenvalue weighted by Gasteiger charge is -2.27. The Morgan fingerprint density at radius 2 is 1.77 bits per heavy atom. The molecule has 0 aromatic heterocycles. The zero-order chi connectivity index (χ0) is 26.4. The normalized spacial score (nSPS) is 20.2. The van der Waals surface area contributed by atoms with Gasteiger partial charge in [-0.2, -0.15) is 0 Å². The molecule has 0 aliphatic carbocycles. The van der Waals surface area contributed by atoms with Crippen molar-refractivity contribution in [1.29, 1.82) is 0 Å². The van der Waals surface area contributed by atoms with Crippen molar-refractivity contribution >= 4 is 23.8 Å². The molecule has 6 N–H and O–H groups in total. The number of carbonyl (C=O) groups is 4. The van der Waals surface area contributed by atoms with E-state index >= 15 is 0 Å². The first-order valence-electron chi connectivity index (χ1n) is 11.0. The van der Waals surface area contributed by atoms with Crippen LogP contribution in [-0.4, -0.2) is 75.6 Å². The smallest absolute Gasteiger partial charge is 0.326 e. The first-order valence-corrected chi connectivity index (χ1v) is 11.0. The zero-order valence-corrected chi connectivity index (χ0v) is 19.3. The third kappa shape index (κ3) is 7.39. The van der Waals surface area contributed by atoms with Crippen LogP contribution in [0.25, 0.3) is 0 Å². The average Bonchev–Trinajstić information content (AvgIpc) is 3.18. The Labute approximate surface area is 199 Å². The molecule has 1 aromatic carbocycles. The molecule has 1 heterocycles. The Bertz CT molecular complexity index is 979. The van der Waals surface area contributed by atoms with E-state index in [2.05, 4.69) is 10.6 Å². The van der Waals surface area contributed by atoms with Crippen LogP contribution in [0.15, 0.2) is 12.1 Å². The van der Waals surface area contributed by atoms with Gasteiger partial charge in [0.1, 0.15) is 17.9 Å². The Morgan fingerprint density at radius 1 is 1.14 bits per heavy atom. The van der Waals surface area contributed by atoms with Crippen LogP contribution in [0.2, 0.25) is 0 Å². The molecule has 0 bridgehead atoms. The van der Waals surface area contributed by atoms with Crippen LogP contribution in [0, 0.1) is 17.5 Å². The molecule has 0 saturated carbocycles. The summed E-state index contributed by atoms with van der Waals surface area (Å²) < 4.78 is 40.2. The number of nitrogens with zero attached hydrogens (tertiary/aromatic N) is 1. The molecule has 10 nitrogen and oxygen atoms in total. The monoisotopic (exact) mass is 502 g/mol. The molecule has 0 spiro atoms. The van der Waals surface area contributed by atoms with Gasteiger partial charge in [0.25, 0.3) is 0 Å². The molecule has 13 heteroatoms. The molecule has 1 aliphatic rings. The van der Waals surface area contributed by atoms with E-state index in [1.54, 1.807) is 6.92 Å². The Hall–Kier alpha value is -3.19. The van der Waals surface area contributed by atoms with E-state index in [0.717, 1.165) is 4.90 Å². The SMILES string of the molecule is CC[C@H](N[C@@H](C)C(=O)N1C[C@@H](NC(=O)C[C@H](N)Cc2cc(F)c(F)cc2F)C[C@H]1C(=O)O)C(=O)O. The second-order valence-corrected chi connectivity index (χ2v) is 8.56. The molecule has 5 atom stereocenters. The van der Waals surface area contributed by atoms with Crippen molar-refractivity contribution < 1.29 is 42.6 Å². The summed E-state index contributed by atoms with van der Waals surface area (Å²) in [5.74, 6) is -7.23. The molecule has 35 heavy (non-hydrogen) atoms. The van der Waals surface area contributed by atoms with Crippen molar-refractivity contribution in [3.63, 3.8) is 0 Å². The standard InChI is InChI=1S/C22H29F3N4O6/c1-3-17(21(32)33)27-10(2)20(31)29-9-13(7-18(29)22(34)35)28-19(30)6-12(26)4-11-5-15(24)16(25)8-14(11)23/h5,8,10,12-13,17-18,27H,3-4,6-7,9,26H2,1-2H3,(H,28,30)(H,32,33)(H,34,35)/t10-,12+,13-,17-,18-/m0/s1. The Balaban J connectivity index is 1.97. The number of rotatable bonds is 11. The maximum Gasteiger partial charge on any atom is 0.326 e. The molecule has 2 rings (SSSR count). The fourth-order valence-electron chi connectivity index (χ4n) is 4.00. The maximum atomic E-state index is 13.8. The molecule has 1 aliphatic heterocycles. The van der Waals surface area contributed by atoms with Crippen LogP contribution in [0.3, 0.4) is 0 Å². The van der Waals surface area contributed by atoms with Gasteiger partial charge in [-0.3, -0.25) is 19.7 Å². The highest BCUT2D eigenvalue weighted by Crippen LogP contribution is 2.20. The highest BCUT2D eigenvalue weighted by molar-refractivity contribution is 5.88. The van der Waals surface area contributed by atoms with E-state index in [-0.39, 0.29) is 37.8 Å². The number of carboxylic acids is 2. The van der Waals surface area contributed by atoms with Gasteiger partial charge < -0.3 is 26.2 Å². The molecule has 0 radical (unpaired) electrons. The van der Waals surface area contributed by atoms with Gasteiger partial charge in [0, 0.05) is 37.5 Å². The van der Waals surface area contributed by atoms with E-state index < -0.39 is 71.4 Å². The van der Waals surface area contributed by atoms with Gasteiger partial charge in [-0.15, -0.1) is 0 Å². The minimum atomic E-state index is -1.34. The van der Waals surface area contributed by atoms with Gasteiger partial charge >= 0.3 is 11.9 Å². The van der Waals surface area contributed by atoms with Crippen molar-refractivity contribution in [3.8, 4) is 0 Å². The number of nitrogens with one attached hydrogen (secondary N) is 2. The van der Waals surface area contributed by atoms with Crippen molar-refractivity contribution in [3.05, 3.63) is 35.1 Å². The van der Waals surface area contributed by atoms with E-state index in [1.807, 2.05) is 0 Å². The minimum Gasteiger partial charge on any atom is -0.480 e. The summed E-state index contributed by atoms with van der Waals surface area (Å²) in [5, 5.41) is 23.9. The molecule has 1 fully saturated rings. The molecule has 194 valence electrons. The fourth-order valence-corrected chi connectivity index (χ4v) is 4.00. The molecule has 0 unspecified atom stereocenters. The summed E-state index contributed by atoms with van der Waals surface area (Å²) in [6, 6.07) is -3.79. The van der Waals surface area contributed by atoms with E-state index in [1.165, 1.54) is 6.92 Å². The van der Waals surface area contributed by atoms with Gasteiger partial charge in [0.05, 0.1) is 6.04 Å². The predicted octanol–water partition coefficient (Wildman–Crippen LogP) is 0.375. The number of carboxylic acid groups (broad SMARTS) is 2. The number of hydrogen-bond acceptors (Lipinski definition) is 6. The summed E-state index contributed by atoms with van der Waals surface area (Å²) in [7, 11) is 0. The van der Waals surface area contributed by atoms with Gasteiger partial charge in [0.2, 0.25) is 11.8 Å². The third-order valence-electron chi connectivity index (χ3n) is 5.78. The quantitative estimate of drug-likeness (QED) is 0.271. The van der Waals surface area contributed by atoms with Crippen molar-refractivity contribution in [2.45, 2.75) is 69.7 Å². The molecular weight excluding hydrogens is 473 g/mol. The van der Waals surface area contributed by atoms with Crippen LogP contribution >= 0.6 is 0 Å². The number of hydrogen-bond donors (Lipinski definition) is 5. The second kappa shape index (κ2) is 12.0. The van der Waals surface area contributed by atoms with Crippen molar-refractivity contribution in [1.82, 2.24) is 15.5 Å². The number of nitrogens with two attached hydrogens (primary N) is 1. The highest BCUT2D eigenvalue weighted by Gasteiger charge is 2.42. The zero-order valence-electron chi connectivity index (χ0n) is 19.3. The first-order chi connectivity index (χ1) is 16.3. The van der Waals surface area contributed by atoms with Crippen molar-refractivity contribution in [2.24, 2.45) is 5.73 Å². The largest absolute Gasteiger partial charge is 0.480 e. The van der Waals surface area contributed by atoms with E-state index in [9.17, 15) is 37.5 Å². The number of amides is 2. The highest BCUT2D eigenvalue weighted by atomic mass is 19.2. The van der Waals surface area contributed by atoms with E-state index in [4.69, 9.17) is 10.8 Å². The molecule has 1 aromatic rings. The topological polar surface area (TPSA) is 162 Å². The van der Waals surface area contributed by atoms with Gasteiger partial charge in [-0.1, -0.05) is 6.92 Å². The van der Waals surface area contributed by atoms with Crippen LogP contribution in [0.1, 0.15) is 38.7 Å². The summed E-state index contributed by atoms with van der Waals surface area (Å²) in [4.78, 5) is 49.2. The summed E-state index contributed by atoms with van der Waals surface area (Å²) in [6.45, 7) is 2.93. The Kier molecular flexibility index (Phi) is 9.60. The third-order valence-corrected chi connectivity index (χ3v) is 5.78.